The molecular weight excluding hydrogens is 606 g/mol. The number of nitrogens with zero attached hydrogens (tertiary/aromatic N) is 5. The fourth-order valence-corrected chi connectivity index (χ4v) is 8.17. The molecule has 240 valence electrons. The number of halogens is 4. The van der Waals surface area contributed by atoms with Gasteiger partial charge in [0.05, 0.1) is 30.2 Å². The number of rotatable bonds is 10. The highest BCUT2D eigenvalue weighted by Gasteiger charge is 2.35. The smallest absolute Gasteiger partial charge is 0.390 e. The van der Waals surface area contributed by atoms with Crippen molar-refractivity contribution in [3.05, 3.63) is 35.0 Å². The van der Waals surface area contributed by atoms with E-state index in [9.17, 15) is 31.1 Å². The Kier molecular flexibility index (Phi) is 10.4. The number of thioether (sulfide) groups is 1. The van der Waals surface area contributed by atoms with Crippen LogP contribution in [0.2, 0.25) is 0 Å². The fourth-order valence-electron chi connectivity index (χ4n) is 6.26. The van der Waals surface area contributed by atoms with E-state index in [-0.39, 0.29) is 24.5 Å². The Labute approximate surface area is 255 Å². The molecule has 3 aliphatic rings. The summed E-state index contributed by atoms with van der Waals surface area (Å²) in [6, 6.07) is 3.97. The molecule has 0 amide bonds. The number of hydrogen-bond acceptors (Lipinski definition) is 7. The minimum atomic E-state index is -4.54. The molecule has 0 aliphatic carbocycles. The summed E-state index contributed by atoms with van der Waals surface area (Å²) in [4.78, 5) is 4.39. The normalized spacial score (nSPS) is 20.8. The second-order valence-corrected chi connectivity index (χ2v) is 15.0. The van der Waals surface area contributed by atoms with Gasteiger partial charge in [-0.25, -0.2) is 12.8 Å². The van der Waals surface area contributed by atoms with Crippen molar-refractivity contribution in [3.63, 3.8) is 0 Å². The number of hydrogen-bond donors (Lipinski definition) is 1. The molecule has 1 atom stereocenters. The summed E-state index contributed by atoms with van der Waals surface area (Å²) in [5, 5.41) is 15.7. The lowest BCUT2D eigenvalue weighted by atomic mass is 10.0. The largest absolute Gasteiger partial charge is 0.417 e. The van der Waals surface area contributed by atoms with Gasteiger partial charge in [0, 0.05) is 73.2 Å². The van der Waals surface area contributed by atoms with Crippen molar-refractivity contribution in [2.75, 3.05) is 57.8 Å². The molecule has 2 aromatic rings. The quantitative estimate of drug-likeness (QED) is 0.305. The topological polar surface area (TPSA) is 81.9 Å². The van der Waals surface area contributed by atoms with Crippen LogP contribution in [0.5, 0.6) is 0 Å². The molecule has 43 heavy (non-hydrogen) atoms. The summed E-state index contributed by atoms with van der Waals surface area (Å²) < 4.78 is 83.5. The van der Waals surface area contributed by atoms with Gasteiger partial charge in [0.1, 0.15) is 6.17 Å². The zero-order valence-electron chi connectivity index (χ0n) is 24.5. The van der Waals surface area contributed by atoms with Crippen molar-refractivity contribution >= 4 is 21.8 Å². The number of sulfonamides is 1. The van der Waals surface area contributed by atoms with Gasteiger partial charge in [0.25, 0.3) is 0 Å². The van der Waals surface area contributed by atoms with Crippen LogP contribution in [0, 0.1) is 0 Å². The van der Waals surface area contributed by atoms with Crippen LogP contribution in [0.1, 0.15) is 48.9 Å². The standard InChI is InChI=1S/C29H41F4N5O3S2/c1-43(40,41)37-14-9-26-24(20-37)28(34-38(26)19-23(39)18-36-10-3-2-4-11-36)21-5-6-25(29(31,32)33)27(17-21)42-16-15-35-12-7-22(30)8-13-35/h5-6,17,22-23,39H,2-4,7-16,18-20H2,1H3/t23-/m1/s1. The SMILES string of the molecule is CS(=O)(=O)N1CCc2c(c(-c3ccc(C(F)(F)F)c(SCCN4CCC(F)CC4)c3)nn2C[C@H](O)CN2CCCCC2)C1. The third-order valence-electron chi connectivity index (χ3n) is 8.61. The molecule has 0 bridgehead atoms. The van der Waals surface area contributed by atoms with E-state index in [1.165, 1.54) is 22.9 Å². The van der Waals surface area contributed by atoms with E-state index in [0.717, 1.165) is 55.7 Å². The molecule has 0 saturated carbocycles. The van der Waals surface area contributed by atoms with Crippen molar-refractivity contribution in [3.8, 4) is 11.3 Å². The van der Waals surface area contributed by atoms with Crippen LogP contribution >= 0.6 is 11.8 Å². The number of β-amino-alcohol motifs (C(OH)–C–C–N with tert-alkyl or cyclic N) is 1. The number of alkyl halides is 4. The maximum atomic E-state index is 14.0. The molecule has 5 rings (SSSR count). The molecule has 1 aromatic carbocycles. The zero-order chi connectivity index (χ0) is 30.8. The molecule has 2 fully saturated rings. The lowest BCUT2D eigenvalue weighted by Gasteiger charge is -2.29. The Morgan fingerprint density at radius 2 is 1.77 bits per heavy atom. The monoisotopic (exact) mass is 647 g/mol. The number of benzene rings is 1. The van der Waals surface area contributed by atoms with Gasteiger partial charge in [-0.2, -0.15) is 22.6 Å². The minimum Gasteiger partial charge on any atom is -0.390 e. The van der Waals surface area contributed by atoms with E-state index >= 15 is 0 Å². The summed E-state index contributed by atoms with van der Waals surface area (Å²) in [6.45, 7) is 4.68. The number of aliphatic hydroxyl groups excluding tert-OH is 1. The number of aromatic nitrogens is 2. The van der Waals surface area contributed by atoms with Gasteiger partial charge in [0.15, 0.2) is 0 Å². The molecule has 0 radical (unpaired) electrons. The van der Waals surface area contributed by atoms with Crippen LogP contribution in [0.25, 0.3) is 11.3 Å². The van der Waals surface area contributed by atoms with Crippen LogP contribution in [0.4, 0.5) is 17.6 Å². The second kappa shape index (κ2) is 13.7. The van der Waals surface area contributed by atoms with Crippen LogP contribution in [0.15, 0.2) is 23.1 Å². The van der Waals surface area contributed by atoms with Gasteiger partial charge >= 0.3 is 6.18 Å². The third-order valence-corrected chi connectivity index (χ3v) is 10.9. The van der Waals surface area contributed by atoms with Gasteiger partial charge in [-0.3, -0.25) is 4.68 Å². The first kappa shape index (κ1) is 32.7. The summed E-state index contributed by atoms with van der Waals surface area (Å²) in [5.74, 6) is 0.417. The Morgan fingerprint density at radius 1 is 1.05 bits per heavy atom. The summed E-state index contributed by atoms with van der Waals surface area (Å²) >= 11 is 1.11. The first-order valence-electron chi connectivity index (χ1n) is 15.0. The molecule has 1 N–H and O–H groups in total. The van der Waals surface area contributed by atoms with Crippen LogP contribution in [-0.4, -0.2) is 108 Å². The average molecular weight is 648 g/mol. The van der Waals surface area contributed by atoms with Gasteiger partial charge in [-0.1, -0.05) is 12.5 Å². The van der Waals surface area contributed by atoms with Gasteiger partial charge in [-0.05, 0) is 50.9 Å². The third kappa shape index (κ3) is 8.31. The van der Waals surface area contributed by atoms with E-state index in [1.807, 2.05) is 0 Å². The second-order valence-electron chi connectivity index (χ2n) is 11.9. The van der Waals surface area contributed by atoms with Crippen LogP contribution in [-0.2, 0) is 35.7 Å². The number of piperidine rings is 2. The van der Waals surface area contributed by atoms with Crippen LogP contribution < -0.4 is 0 Å². The molecule has 8 nitrogen and oxygen atoms in total. The van der Waals surface area contributed by atoms with Crippen molar-refractivity contribution in [1.29, 1.82) is 0 Å². The maximum Gasteiger partial charge on any atom is 0.417 e. The number of likely N-dealkylation sites (tertiary alicyclic amines) is 2. The first-order chi connectivity index (χ1) is 20.4. The molecule has 14 heteroatoms. The molecule has 4 heterocycles. The molecule has 2 saturated heterocycles. The Bertz CT molecular complexity index is 1360. The first-order valence-corrected chi connectivity index (χ1v) is 17.9. The number of aliphatic hydroxyl groups is 1. The highest BCUT2D eigenvalue weighted by molar-refractivity contribution is 7.99. The lowest BCUT2D eigenvalue weighted by Crippen LogP contribution is -2.39. The number of fused-ring (bicyclic) bond motifs is 1. The molecular formula is C29H41F4N5O3S2. The molecule has 0 unspecified atom stereocenters. The Hall–Kier alpha value is -1.71. The average Bonchev–Trinajstić information content (AvgIpc) is 3.31. The van der Waals surface area contributed by atoms with Gasteiger partial charge in [-0.15, -0.1) is 11.8 Å². The van der Waals surface area contributed by atoms with E-state index < -0.39 is 34.0 Å². The highest BCUT2D eigenvalue weighted by Crippen LogP contribution is 2.40. The zero-order valence-corrected chi connectivity index (χ0v) is 26.2. The van der Waals surface area contributed by atoms with Crippen molar-refractivity contribution in [1.82, 2.24) is 23.9 Å². The van der Waals surface area contributed by atoms with E-state index in [0.29, 0.717) is 68.0 Å². The van der Waals surface area contributed by atoms with Crippen LogP contribution in [0.3, 0.4) is 0 Å². The maximum absolute atomic E-state index is 14.0. The molecule has 3 aliphatic heterocycles. The summed E-state index contributed by atoms with van der Waals surface area (Å²) in [6.07, 6.45) is -0.242. The van der Waals surface area contributed by atoms with Gasteiger partial charge < -0.3 is 14.9 Å². The van der Waals surface area contributed by atoms with Crippen molar-refractivity contribution in [2.45, 2.75) is 75.0 Å². The van der Waals surface area contributed by atoms with Gasteiger partial charge in [0.2, 0.25) is 10.0 Å². The summed E-state index contributed by atoms with van der Waals surface area (Å²) in [7, 11) is -3.50. The lowest BCUT2D eigenvalue weighted by molar-refractivity contribution is -0.139. The van der Waals surface area contributed by atoms with E-state index in [2.05, 4.69) is 9.80 Å². The predicted octanol–water partition coefficient (Wildman–Crippen LogP) is 4.26. The highest BCUT2D eigenvalue weighted by atomic mass is 32.2. The summed E-state index contributed by atoms with van der Waals surface area (Å²) in [5.41, 5.74) is 1.65. The van der Waals surface area contributed by atoms with E-state index in [4.69, 9.17) is 5.10 Å². The predicted molar refractivity (Wildman–Crippen MR) is 159 cm³/mol. The molecule has 0 spiro atoms. The van der Waals surface area contributed by atoms with Crippen molar-refractivity contribution < 1.29 is 31.1 Å². The van der Waals surface area contributed by atoms with E-state index in [1.54, 1.807) is 4.68 Å². The Balaban J connectivity index is 1.42. The molecule has 1 aromatic heterocycles. The Morgan fingerprint density at radius 3 is 2.44 bits per heavy atom. The fraction of sp³-hybridized carbons (Fsp3) is 0.690. The van der Waals surface area contributed by atoms with Crippen molar-refractivity contribution in [2.24, 2.45) is 0 Å². The minimum absolute atomic E-state index is 0.0692.